The van der Waals surface area contributed by atoms with Crippen LogP contribution in [0.15, 0.2) is 48.2 Å². The van der Waals surface area contributed by atoms with E-state index in [1.54, 1.807) is 0 Å². The molecule has 0 fully saturated rings. The van der Waals surface area contributed by atoms with Crippen molar-refractivity contribution in [1.29, 1.82) is 0 Å². The van der Waals surface area contributed by atoms with Crippen LogP contribution in [-0.2, 0) is 0 Å². The van der Waals surface area contributed by atoms with Crippen molar-refractivity contribution >= 4 is 23.4 Å². The summed E-state index contributed by atoms with van der Waals surface area (Å²) < 4.78 is 0. The van der Waals surface area contributed by atoms with Gasteiger partial charge in [-0.3, -0.25) is 0 Å². The molecule has 1 heterocycles. The van der Waals surface area contributed by atoms with Crippen molar-refractivity contribution in [2.45, 2.75) is 13.3 Å². The fourth-order valence-corrected chi connectivity index (χ4v) is 1.93. The Labute approximate surface area is 101 Å². The van der Waals surface area contributed by atoms with Crippen LogP contribution in [0.5, 0.6) is 0 Å². The number of hydrogen-bond acceptors (Lipinski definition) is 1. The quantitative estimate of drug-likeness (QED) is 0.783. The van der Waals surface area contributed by atoms with Crippen LogP contribution in [-0.4, -0.2) is 0 Å². The Bertz CT molecular complexity index is 497. The van der Waals surface area contributed by atoms with Gasteiger partial charge in [0.1, 0.15) is 0 Å². The molecule has 0 unspecified atom stereocenters. The van der Waals surface area contributed by atoms with Gasteiger partial charge in [-0.05, 0) is 36.3 Å². The van der Waals surface area contributed by atoms with E-state index in [9.17, 15) is 0 Å². The van der Waals surface area contributed by atoms with Crippen molar-refractivity contribution in [2.75, 3.05) is 5.32 Å². The van der Waals surface area contributed by atoms with E-state index in [0.717, 1.165) is 39.5 Å². The molecule has 82 valence electrons. The zero-order valence-electron chi connectivity index (χ0n) is 9.31. The van der Waals surface area contributed by atoms with Crippen LogP contribution in [0.4, 0.5) is 5.69 Å². The summed E-state index contributed by atoms with van der Waals surface area (Å²) in [7, 11) is 0. The van der Waals surface area contributed by atoms with Gasteiger partial charge in [-0.1, -0.05) is 31.7 Å². The lowest BCUT2D eigenvalue weighted by Gasteiger charge is -2.22. The molecular weight excluding hydrogens is 218 g/mol. The standard InChI is InChI=1S/C14H14ClN/c1-4-9(2)13-8-11-7-12(15)5-6-14(11)16-10(13)3/h5-8,16H,2-4H2,1H3. The lowest BCUT2D eigenvalue weighted by Crippen LogP contribution is -2.08. The van der Waals surface area contributed by atoms with Gasteiger partial charge >= 0.3 is 0 Å². The SMILES string of the molecule is C=C(CC)C1=Cc2cc(Cl)ccc2NC1=C. The van der Waals surface area contributed by atoms with Gasteiger partial charge in [0.2, 0.25) is 0 Å². The second-order valence-corrected chi connectivity index (χ2v) is 4.29. The van der Waals surface area contributed by atoms with Gasteiger partial charge < -0.3 is 5.32 Å². The van der Waals surface area contributed by atoms with Gasteiger partial charge in [-0.15, -0.1) is 0 Å². The van der Waals surface area contributed by atoms with Gasteiger partial charge in [0.05, 0.1) is 0 Å². The third kappa shape index (κ3) is 1.91. The minimum atomic E-state index is 0.741. The molecule has 1 aliphatic heterocycles. The normalized spacial score (nSPS) is 13.9. The number of benzene rings is 1. The molecule has 0 saturated heterocycles. The maximum Gasteiger partial charge on any atom is 0.0459 e. The zero-order valence-corrected chi connectivity index (χ0v) is 10.1. The van der Waals surface area contributed by atoms with E-state index >= 15 is 0 Å². The topological polar surface area (TPSA) is 12.0 Å². The van der Waals surface area contributed by atoms with Gasteiger partial charge in [0.25, 0.3) is 0 Å². The predicted octanol–water partition coefficient (Wildman–Crippen LogP) is 4.63. The van der Waals surface area contributed by atoms with Crippen molar-refractivity contribution in [2.24, 2.45) is 0 Å². The molecule has 0 saturated carbocycles. The summed E-state index contributed by atoms with van der Waals surface area (Å²) in [5.74, 6) is 0. The van der Waals surface area contributed by atoms with Crippen molar-refractivity contribution in [3.8, 4) is 0 Å². The van der Waals surface area contributed by atoms with Crippen molar-refractivity contribution in [1.82, 2.24) is 0 Å². The van der Waals surface area contributed by atoms with E-state index in [4.69, 9.17) is 11.6 Å². The van der Waals surface area contributed by atoms with Crippen LogP contribution in [0.2, 0.25) is 5.02 Å². The fraction of sp³-hybridized carbons (Fsp3) is 0.143. The van der Waals surface area contributed by atoms with E-state index in [1.807, 2.05) is 18.2 Å². The Morgan fingerprint density at radius 3 is 2.88 bits per heavy atom. The highest BCUT2D eigenvalue weighted by Crippen LogP contribution is 2.33. The first kappa shape index (κ1) is 11.0. The van der Waals surface area contributed by atoms with Gasteiger partial charge in [-0.25, -0.2) is 0 Å². The van der Waals surface area contributed by atoms with E-state index in [2.05, 4.69) is 31.5 Å². The molecule has 1 aromatic rings. The molecule has 2 rings (SSSR count). The number of hydrogen-bond donors (Lipinski definition) is 1. The summed E-state index contributed by atoms with van der Waals surface area (Å²) >= 11 is 5.97. The average Bonchev–Trinajstić information content (AvgIpc) is 2.28. The number of fused-ring (bicyclic) bond motifs is 1. The van der Waals surface area contributed by atoms with Gasteiger partial charge in [0, 0.05) is 27.5 Å². The van der Waals surface area contributed by atoms with Crippen LogP contribution in [0.3, 0.4) is 0 Å². The smallest absolute Gasteiger partial charge is 0.0459 e. The fourth-order valence-electron chi connectivity index (χ4n) is 1.75. The summed E-state index contributed by atoms with van der Waals surface area (Å²) in [5, 5.41) is 4.01. The minimum absolute atomic E-state index is 0.741. The second kappa shape index (κ2) is 4.18. The number of allylic oxidation sites excluding steroid dienone is 1. The second-order valence-electron chi connectivity index (χ2n) is 3.85. The zero-order chi connectivity index (χ0) is 11.7. The number of halogens is 1. The first-order chi connectivity index (χ1) is 7.61. The Kier molecular flexibility index (Phi) is 2.88. The monoisotopic (exact) mass is 231 g/mol. The van der Waals surface area contributed by atoms with Gasteiger partial charge in [0.15, 0.2) is 0 Å². The van der Waals surface area contributed by atoms with Crippen LogP contribution in [0.1, 0.15) is 18.9 Å². The molecule has 0 radical (unpaired) electrons. The highest BCUT2D eigenvalue weighted by molar-refractivity contribution is 6.30. The van der Waals surface area contributed by atoms with E-state index < -0.39 is 0 Å². The molecule has 1 aliphatic rings. The minimum Gasteiger partial charge on any atom is -0.355 e. The molecule has 16 heavy (non-hydrogen) atoms. The summed E-state index contributed by atoms with van der Waals surface area (Å²) in [6.07, 6.45) is 3.01. The first-order valence-corrected chi connectivity index (χ1v) is 5.65. The lowest BCUT2D eigenvalue weighted by atomic mass is 9.96. The first-order valence-electron chi connectivity index (χ1n) is 5.27. The van der Waals surface area contributed by atoms with E-state index in [0.29, 0.717) is 0 Å². The summed E-state index contributed by atoms with van der Waals surface area (Å²) in [6, 6.07) is 5.78. The van der Waals surface area contributed by atoms with Crippen LogP contribution in [0.25, 0.3) is 6.08 Å². The summed E-state index contributed by atoms with van der Waals surface area (Å²) in [4.78, 5) is 0. The summed E-state index contributed by atoms with van der Waals surface area (Å²) in [5.41, 5.74) is 5.20. The van der Waals surface area contributed by atoms with Crippen molar-refractivity contribution in [3.63, 3.8) is 0 Å². The largest absolute Gasteiger partial charge is 0.355 e. The Hall–Kier alpha value is -1.47. The third-order valence-electron chi connectivity index (χ3n) is 2.73. The molecule has 0 amide bonds. The van der Waals surface area contributed by atoms with Crippen LogP contribution in [0, 0.1) is 0 Å². The number of rotatable bonds is 2. The lowest BCUT2D eigenvalue weighted by molar-refractivity contribution is 1.12. The molecule has 0 atom stereocenters. The Balaban J connectivity index is 2.50. The highest BCUT2D eigenvalue weighted by Gasteiger charge is 2.14. The molecule has 0 aliphatic carbocycles. The maximum atomic E-state index is 5.97. The third-order valence-corrected chi connectivity index (χ3v) is 2.97. The van der Waals surface area contributed by atoms with Gasteiger partial charge in [-0.2, -0.15) is 0 Å². The molecule has 0 bridgehead atoms. The maximum absolute atomic E-state index is 5.97. The van der Waals surface area contributed by atoms with Crippen LogP contribution >= 0.6 is 11.6 Å². The van der Waals surface area contributed by atoms with E-state index in [-0.39, 0.29) is 0 Å². The highest BCUT2D eigenvalue weighted by atomic mass is 35.5. The van der Waals surface area contributed by atoms with Crippen LogP contribution < -0.4 is 5.32 Å². The number of anilines is 1. The predicted molar refractivity (Wildman–Crippen MR) is 71.6 cm³/mol. The van der Waals surface area contributed by atoms with E-state index in [1.165, 1.54) is 0 Å². The molecule has 2 heteroatoms. The molecular formula is C14H14ClN. The molecule has 1 nitrogen and oxygen atoms in total. The summed E-state index contributed by atoms with van der Waals surface area (Å²) in [6.45, 7) is 10.1. The molecule has 0 aromatic heterocycles. The van der Waals surface area contributed by atoms with Crippen molar-refractivity contribution in [3.05, 3.63) is 58.8 Å². The molecule has 1 aromatic carbocycles. The van der Waals surface area contributed by atoms with Crippen molar-refractivity contribution < 1.29 is 0 Å². The Morgan fingerprint density at radius 1 is 1.44 bits per heavy atom. The number of nitrogens with one attached hydrogen (secondary N) is 1. The average molecular weight is 232 g/mol. The molecule has 0 spiro atoms. The Morgan fingerprint density at radius 2 is 2.19 bits per heavy atom. The molecule has 1 N–H and O–H groups in total.